The van der Waals surface area contributed by atoms with Crippen LogP contribution in [-0.4, -0.2) is 48.8 Å². The van der Waals surface area contributed by atoms with E-state index in [0.717, 1.165) is 24.3 Å². The molecule has 3 rings (SSSR count). The zero-order valence-electron chi connectivity index (χ0n) is 13.8. The molecule has 0 spiro atoms. The van der Waals surface area contributed by atoms with E-state index in [1.54, 1.807) is 0 Å². The quantitative estimate of drug-likeness (QED) is 0.758. The van der Waals surface area contributed by atoms with E-state index >= 15 is 0 Å². The first-order chi connectivity index (χ1) is 10.2. The Labute approximate surface area is 130 Å². The highest BCUT2D eigenvalue weighted by molar-refractivity contribution is 4.93. The van der Waals surface area contributed by atoms with Crippen molar-refractivity contribution < 1.29 is 5.11 Å². The number of rotatable bonds is 7. The van der Waals surface area contributed by atoms with Gasteiger partial charge >= 0.3 is 0 Å². The lowest BCUT2D eigenvalue weighted by atomic mass is 9.70. The highest BCUT2D eigenvalue weighted by atomic mass is 16.3. The lowest BCUT2D eigenvalue weighted by Gasteiger charge is -2.42. The van der Waals surface area contributed by atoms with E-state index in [2.05, 4.69) is 17.1 Å². The van der Waals surface area contributed by atoms with E-state index < -0.39 is 0 Å². The van der Waals surface area contributed by atoms with E-state index in [9.17, 15) is 0 Å². The lowest BCUT2D eigenvalue weighted by Crippen LogP contribution is -2.46. The summed E-state index contributed by atoms with van der Waals surface area (Å²) in [5.41, 5.74) is 0.531. The monoisotopic (exact) mass is 294 g/mol. The van der Waals surface area contributed by atoms with Crippen molar-refractivity contribution in [2.45, 2.75) is 64.3 Å². The van der Waals surface area contributed by atoms with Crippen LogP contribution in [-0.2, 0) is 0 Å². The average Bonchev–Trinajstić information content (AvgIpc) is 3.22. The van der Waals surface area contributed by atoms with Crippen molar-refractivity contribution in [2.24, 2.45) is 17.3 Å². The van der Waals surface area contributed by atoms with Gasteiger partial charge in [0, 0.05) is 32.3 Å². The van der Waals surface area contributed by atoms with Gasteiger partial charge in [-0.15, -0.1) is 0 Å². The van der Waals surface area contributed by atoms with Crippen LogP contribution in [0.4, 0.5) is 0 Å². The predicted octanol–water partition coefficient (Wildman–Crippen LogP) is 2.64. The van der Waals surface area contributed by atoms with E-state index in [-0.39, 0.29) is 0 Å². The van der Waals surface area contributed by atoms with Gasteiger partial charge in [0.25, 0.3) is 0 Å². The van der Waals surface area contributed by atoms with Crippen molar-refractivity contribution in [3.05, 3.63) is 0 Å². The highest BCUT2D eigenvalue weighted by Gasteiger charge is 2.38. The number of nitrogens with one attached hydrogen (secondary N) is 1. The molecule has 0 amide bonds. The molecule has 1 unspecified atom stereocenters. The van der Waals surface area contributed by atoms with Gasteiger partial charge in [0.2, 0.25) is 0 Å². The normalized spacial score (nSPS) is 38.0. The minimum atomic E-state index is 0.365. The second-order valence-corrected chi connectivity index (χ2v) is 8.24. The first-order valence-electron chi connectivity index (χ1n) is 9.26. The minimum absolute atomic E-state index is 0.365. The van der Waals surface area contributed by atoms with Gasteiger partial charge in [0.1, 0.15) is 0 Å². The molecule has 1 aliphatic heterocycles. The summed E-state index contributed by atoms with van der Waals surface area (Å²) in [7, 11) is 0. The predicted molar refractivity (Wildman–Crippen MR) is 87.3 cm³/mol. The first-order valence-corrected chi connectivity index (χ1v) is 9.26. The van der Waals surface area contributed by atoms with Crippen LogP contribution < -0.4 is 5.32 Å². The Balaban J connectivity index is 1.54. The van der Waals surface area contributed by atoms with Crippen LogP contribution in [0, 0.1) is 17.3 Å². The molecule has 1 saturated heterocycles. The van der Waals surface area contributed by atoms with Gasteiger partial charge in [0.05, 0.1) is 0 Å². The Morgan fingerprint density at radius 1 is 1.14 bits per heavy atom. The largest absolute Gasteiger partial charge is 0.396 e. The molecule has 2 saturated carbocycles. The molecule has 2 N–H and O–H groups in total. The summed E-state index contributed by atoms with van der Waals surface area (Å²) in [6, 6.07) is 0.835. The molecule has 21 heavy (non-hydrogen) atoms. The van der Waals surface area contributed by atoms with Crippen LogP contribution in [0.5, 0.6) is 0 Å². The Bertz CT molecular complexity index is 321. The van der Waals surface area contributed by atoms with E-state index in [0.29, 0.717) is 12.0 Å². The van der Waals surface area contributed by atoms with Crippen LogP contribution in [0.15, 0.2) is 0 Å². The van der Waals surface area contributed by atoms with Crippen LogP contribution >= 0.6 is 0 Å². The van der Waals surface area contributed by atoms with Crippen molar-refractivity contribution in [3.63, 3.8) is 0 Å². The second kappa shape index (κ2) is 6.97. The Morgan fingerprint density at radius 2 is 1.90 bits per heavy atom. The van der Waals surface area contributed by atoms with Crippen molar-refractivity contribution >= 4 is 0 Å². The van der Waals surface area contributed by atoms with Crippen LogP contribution in [0.2, 0.25) is 0 Å². The average molecular weight is 294 g/mol. The summed E-state index contributed by atoms with van der Waals surface area (Å²) in [6.07, 6.45) is 10.7. The molecule has 0 aromatic carbocycles. The molecule has 0 bridgehead atoms. The smallest absolute Gasteiger partial charge is 0.0434 e. The summed E-state index contributed by atoms with van der Waals surface area (Å²) in [4.78, 5) is 2.70. The zero-order chi connectivity index (χ0) is 14.7. The van der Waals surface area contributed by atoms with Gasteiger partial charge in [-0.25, -0.2) is 0 Å². The summed E-state index contributed by atoms with van der Waals surface area (Å²) < 4.78 is 0. The number of aliphatic hydroxyl groups excluding tert-OH is 1. The summed E-state index contributed by atoms with van der Waals surface area (Å²) in [6.45, 7) is 7.80. The van der Waals surface area contributed by atoms with E-state index in [1.165, 1.54) is 71.1 Å². The minimum Gasteiger partial charge on any atom is -0.396 e. The molecule has 3 heteroatoms. The maximum absolute atomic E-state index is 9.14. The molecule has 1 atom stereocenters. The maximum Gasteiger partial charge on any atom is 0.0434 e. The molecule has 122 valence electrons. The van der Waals surface area contributed by atoms with E-state index in [4.69, 9.17) is 5.11 Å². The third kappa shape index (κ3) is 4.43. The maximum atomic E-state index is 9.14. The Morgan fingerprint density at radius 3 is 2.57 bits per heavy atom. The van der Waals surface area contributed by atoms with Crippen molar-refractivity contribution in [1.29, 1.82) is 0 Å². The Hall–Kier alpha value is -0.120. The fraction of sp³-hybridized carbons (Fsp3) is 1.00. The van der Waals surface area contributed by atoms with Crippen molar-refractivity contribution in [2.75, 3.05) is 32.8 Å². The molecule has 3 aliphatic rings. The molecule has 3 nitrogen and oxygen atoms in total. The zero-order valence-corrected chi connectivity index (χ0v) is 13.8. The van der Waals surface area contributed by atoms with Crippen LogP contribution in [0.1, 0.15) is 58.3 Å². The van der Waals surface area contributed by atoms with Gasteiger partial charge in [-0.2, -0.15) is 0 Å². The van der Waals surface area contributed by atoms with Gasteiger partial charge in [-0.05, 0) is 62.3 Å². The third-order valence-corrected chi connectivity index (χ3v) is 6.14. The standard InChI is InChI=1S/C18H34N2O/c1-15-4-8-18(9-5-15,13-19-17-2-3-17)14-20-10-6-16(12-20)7-11-21/h15-17,19,21H,2-14H2,1H3. The topological polar surface area (TPSA) is 35.5 Å². The number of likely N-dealkylation sites (tertiary alicyclic amines) is 1. The molecular formula is C18H34N2O. The van der Waals surface area contributed by atoms with Gasteiger partial charge in [-0.1, -0.05) is 19.8 Å². The van der Waals surface area contributed by atoms with E-state index in [1.807, 2.05) is 0 Å². The molecule has 0 radical (unpaired) electrons. The number of hydrogen-bond acceptors (Lipinski definition) is 3. The number of nitrogens with zero attached hydrogens (tertiary/aromatic N) is 1. The summed E-state index contributed by atoms with van der Waals surface area (Å²) >= 11 is 0. The van der Waals surface area contributed by atoms with Gasteiger partial charge in [0.15, 0.2) is 0 Å². The fourth-order valence-electron chi connectivity index (χ4n) is 4.36. The number of hydrogen-bond donors (Lipinski definition) is 2. The van der Waals surface area contributed by atoms with Crippen molar-refractivity contribution in [1.82, 2.24) is 10.2 Å². The lowest BCUT2D eigenvalue weighted by molar-refractivity contribution is 0.0951. The molecule has 0 aromatic heterocycles. The fourth-order valence-corrected chi connectivity index (χ4v) is 4.36. The van der Waals surface area contributed by atoms with Gasteiger partial charge in [-0.3, -0.25) is 0 Å². The molecule has 0 aromatic rings. The van der Waals surface area contributed by atoms with Crippen LogP contribution in [0.25, 0.3) is 0 Å². The summed E-state index contributed by atoms with van der Waals surface area (Å²) in [5.74, 6) is 1.67. The second-order valence-electron chi connectivity index (χ2n) is 8.24. The molecule has 3 fully saturated rings. The molecular weight excluding hydrogens is 260 g/mol. The third-order valence-electron chi connectivity index (χ3n) is 6.14. The Kier molecular flexibility index (Phi) is 5.23. The highest BCUT2D eigenvalue weighted by Crippen LogP contribution is 2.40. The van der Waals surface area contributed by atoms with Crippen molar-refractivity contribution in [3.8, 4) is 0 Å². The summed E-state index contributed by atoms with van der Waals surface area (Å²) in [5, 5.41) is 13.0. The van der Waals surface area contributed by atoms with Crippen LogP contribution in [0.3, 0.4) is 0 Å². The molecule has 1 heterocycles. The molecule has 2 aliphatic carbocycles. The SMILES string of the molecule is CC1CCC(CNC2CC2)(CN2CCC(CCO)C2)CC1. The first kappa shape index (κ1) is 15.8. The van der Waals surface area contributed by atoms with Gasteiger partial charge < -0.3 is 15.3 Å². The number of aliphatic hydroxyl groups is 1.